The van der Waals surface area contributed by atoms with E-state index in [1.807, 2.05) is 0 Å². The van der Waals surface area contributed by atoms with E-state index in [0.29, 0.717) is 11.1 Å². The zero-order valence-electron chi connectivity index (χ0n) is 19.7. The van der Waals surface area contributed by atoms with Gasteiger partial charge in [0.1, 0.15) is 0 Å². The van der Waals surface area contributed by atoms with E-state index >= 15 is 0 Å². The second-order valence-corrected chi connectivity index (χ2v) is 11.1. The average molecular weight is 381 g/mol. The molecule has 27 heavy (non-hydrogen) atoms. The van der Waals surface area contributed by atoms with Crippen molar-refractivity contribution in [3.8, 4) is 0 Å². The molecule has 4 nitrogen and oxygen atoms in total. The van der Waals surface area contributed by atoms with Gasteiger partial charge in [0.15, 0.2) is 0 Å². The third-order valence-electron chi connectivity index (χ3n) is 7.21. The SMILES string of the molecule is CN(C)CC1CCN(C(C)(C)CCN(C)C2CCN(C(C)(C)C)CC2)CC1. The van der Waals surface area contributed by atoms with Crippen LogP contribution >= 0.6 is 0 Å². The lowest BCUT2D eigenvalue weighted by Crippen LogP contribution is -2.52. The molecule has 0 aliphatic carbocycles. The van der Waals surface area contributed by atoms with Gasteiger partial charge in [-0.25, -0.2) is 0 Å². The summed E-state index contributed by atoms with van der Waals surface area (Å²) >= 11 is 0. The molecule has 2 heterocycles. The first-order valence-electron chi connectivity index (χ1n) is 11.3. The minimum absolute atomic E-state index is 0.323. The fraction of sp³-hybridized carbons (Fsp3) is 1.00. The summed E-state index contributed by atoms with van der Waals surface area (Å²) in [5.41, 5.74) is 0.647. The number of rotatable bonds is 7. The predicted octanol–water partition coefficient (Wildman–Crippen LogP) is 3.62. The van der Waals surface area contributed by atoms with Crippen LogP contribution in [0.2, 0.25) is 0 Å². The van der Waals surface area contributed by atoms with Crippen LogP contribution in [0.1, 0.15) is 66.7 Å². The molecular formula is C23H48N4. The van der Waals surface area contributed by atoms with Gasteiger partial charge in [0.2, 0.25) is 0 Å². The number of hydrogen-bond donors (Lipinski definition) is 0. The van der Waals surface area contributed by atoms with Crippen molar-refractivity contribution < 1.29 is 0 Å². The lowest BCUT2D eigenvalue weighted by Gasteiger charge is -2.46. The summed E-state index contributed by atoms with van der Waals surface area (Å²) in [6.07, 6.45) is 6.65. The summed E-state index contributed by atoms with van der Waals surface area (Å²) in [4.78, 5) is 10.4. The van der Waals surface area contributed by atoms with Gasteiger partial charge >= 0.3 is 0 Å². The monoisotopic (exact) mass is 380 g/mol. The van der Waals surface area contributed by atoms with E-state index in [4.69, 9.17) is 0 Å². The van der Waals surface area contributed by atoms with E-state index in [0.717, 1.165) is 12.0 Å². The molecule has 2 aliphatic heterocycles. The van der Waals surface area contributed by atoms with E-state index in [1.54, 1.807) is 0 Å². The smallest absolute Gasteiger partial charge is 0.0165 e. The fourth-order valence-electron chi connectivity index (χ4n) is 5.01. The van der Waals surface area contributed by atoms with Gasteiger partial charge in [0, 0.05) is 36.8 Å². The molecular weight excluding hydrogens is 332 g/mol. The second kappa shape index (κ2) is 9.56. The molecule has 2 fully saturated rings. The molecule has 0 aromatic heterocycles. The summed E-state index contributed by atoms with van der Waals surface area (Å²) in [5, 5.41) is 0. The second-order valence-electron chi connectivity index (χ2n) is 11.1. The maximum absolute atomic E-state index is 2.76. The van der Waals surface area contributed by atoms with E-state index in [-0.39, 0.29) is 0 Å². The number of likely N-dealkylation sites (tertiary alicyclic amines) is 2. The molecule has 0 spiro atoms. The van der Waals surface area contributed by atoms with Crippen LogP contribution in [0.5, 0.6) is 0 Å². The van der Waals surface area contributed by atoms with Crippen LogP contribution < -0.4 is 0 Å². The Hall–Kier alpha value is -0.160. The molecule has 2 aliphatic rings. The third-order valence-corrected chi connectivity index (χ3v) is 7.21. The van der Waals surface area contributed by atoms with Crippen molar-refractivity contribution in [1.29, 1.82) is 0 Å². The molecule has 2 saturated heterocycles. The van der Waals surface area contributed by atoms with Crippen LogP contribution in [-0.2, 0) is 0 Å². The van der Waals surface area contributed by atoms with E-state index < -0.39 is 0 Å². The Morgan fingerprint density at radius 3 is 1.78 bits per heavy atom. The topological polar surface area (TPSA) is 13.0 Å². The molecule has 0 N–H and O–H groups in total. The normalized spacial score (nSPS) is 22.9. The molecule has 0 bridgehead atoms. The molecule has 0 aromatic rings. The van der Waals surface area contributed by atoms with Crippen LogP contribution in [0, 0.1) is 5.92 Å². The zero-order chi connectivity index (χ0) is 20.2. The first-order chi connectivity index (χ1) is 12.5. The quantitative estimate of drug-likeness (QED) is 0.669. The largest absolute Gasteiger partial charge is 0.309 e. The van der Waals surface area contributed by atoms with Crippen molar-refractivity contribution in [2.24, 2.45) is 5.92 Å². The van der Waals surface area contributed by atoms with E-state index in [1.165, 1.54) is 71.4 Å². The standard InChI is InChI=1S/C23H48N4/c1-22(2,3)26-16-11-21(12-17-26)25(8)18-13-23(4,5)27-14-9-20(10-15-27)19-24(6)7/h20-21H,9-19H2,1-8H3. The van der Waals surface area contributed by atoms with Crippen molar-refractivity contribution in [1.82, 2.24) is 19.6 Å². The van der Waals surface area contributed by atoms with Crippen molar-refractivity contribution in [2.45, 2.75) is 83.8 Å². The van der Waals surface area contributed by atoms with Crippen LogP contribution in [0.4, 0.5) is 0 Å². The molecule has 0 saturated carbocycles. The molecule has 160 valence electrons. The van der Waals surface area contributed by atoms with Crippen molar-refractivity contribution in [3.05, 3.63) is 0 Å². The van der Waals surface area contributed by atoms with Gasteiger partial charge < -0.3 is 9.80 Å². The zero-order valence-corrected chi connectivity index (χ0v) is 19.7. The number of piperidine rings is 2. The summed E-state index contributed by atoms with van der Waals surface area (Å²) in [6.45, 7) is 19.5. The molecule has 0 amide bonds. The minimum atomic E-state index is 0.323. The first-order valence-corrected chi connectivity index (χ1v) is 11.3. The highest BCUT2D eigenvalue weighted by molar-refractivity contribution is 4.89. The van der Waals surface area contributed by atoms with E-state index in [2.05, 4.69) is 75.4 Å². The van der Waals surface area contributed by atoms with Gasteiger partial charge in [0.25, 0.3) is 0 Å². The Balaban J connectivity index is 1.73. The highest BCUT2D eigenvalue weighted by atomic mass is 15.2. The van der Waals surface area contributed by atoms with Crippen molar-refractivity contribution >= 4 is 0 Å². The maximum atomic E-state index is 2.76. The summed E-state index contributed by atoms with van der Waals surface area (Å²) < 4.78 is 0. The van der Waals surface area contributed by atoms with Gasteiger partial charge in [-0.3, -0.25) is 9.80 Å². The van der Waals surface area contributed by atoms with Crippen LogP contribution in [-0.4, -0.2) is 97.1 Å². The van der Waals surface area contributed by atoms with Crippen LogP contribution in [0.15, 0.2) is 0 Å². The fourth-order valence-corrected chi connectivity index (χ4v) is 5.01. The molecule has 0 radical (unpaired) electrons. The first kappa shape index (κ1) is 23.1. The molecule has 0 aromatic carbocycles. The summed E-state index contributed by atoms with van der Waals surface area (Å²) in [6, 6.07) is 0.769. The third kappa shape index (κ3) is 6.99. The minimum Gasteiger partial charge on any atom is -0.309 e. The lowest BCUT2D eigenvalue weighted by atomic mass is 9.89. The molecule has 4 heteroatoms. The maximum Gasteiger partial charge on any atom is 0.0165 e. The van der Waals surface area contributed by atoms with Gasteiger partial charge in [-0.1, -0.05) is 0 Å². The Bertz CT molecular complexity index is 424. The summed E-state index contributed by atoms with van der Waals surface area (Å²) in [7, 11) is 6.77. The average Bonchev–Trinajstić information content (AvgIpc) is 2.59. The van der Waals surface area contributed by atoms with Crippen molar-refractivity contribution in [3.63, 3.8) is 0 Å². The van der Waals surface area contributed by atoms with E-state index in [9.17, 15) is 0 Å². The Kier molecular flexibility index (Phi) is 8.19. The van der Waals surface area contributed by atoms with Gasteiger partial charge in [-0.2, -0.15) is 0 Å². The Labute approximate surface area is 170 Å². The van der Waals surface area contributed by atoms with Crippen LogP contribution in [0.25, 0.3) is 0 Å². The number of hydrogen-bond acceptors (Lipinski definition) is 4. The Morgan fingerprint density at radius 2 is 1.30 bits per heavy atom. The Morgan fingerprint density at radius 1 is 0.778 bits per heavy atom. The summed E-state index contributed by atoms with van der Waals surface area (Å²) in [5.74, 6) is 0.891. The van der Waals surface area contributed by atoms with Gasteiger partial charge in [-0.15, -0.1) is 0 Å². The predicted molar refractivity (Wildman–Crippen MR) is 119 cm³/mol. The van der Waals surface area contributed by atoms with Crippen molar-refractivity contribution in [2.75, 3.05) is 60.4 Å². The number of nitrogens with zero attached hydrogens (tertiary/aromatic N) is 4. The highest BCUT2D eigenvalue weighted by Crippen LogP contribution is 2.28. The van der Waals surface area contributed by atoms with Gasteiger partial charge in [0.05, 0.1) is 0 Å². The molecule has 2 rings (SSSR count). The molecule has 0 atom stereocenters. The lowest BCUT2D eigenvalue weighted by molar-refractivity contribution is 0.0391. The van der Waals surface area contributed by atoms with Crippen LogP contribution in [0.3, 0.4) is 0 Å². The molecule has 0 unspecified atom stereocenters. The highest BCUT2D eigenvalue weighted by Gasteiger charge is 2.32. The van der Waals surface area contributed by atoms with Gasteiger partial charge in [-0.05, 0) is 113 Å².